The van der Waals surface area contributed by atoms with Gasteiger partial charge in [-0.15, -0.1) is 0 Å². The topological polar surface area (TPSA) is 87.9 Å². The summed E-state index contributed by atoms with van der Waals surface area (Å²) in [6.45, 7) is 0. The highest BCUT2D eigenvalue weighted by Crippen LogP contribution is 2.36. The average Bonchev–Trinajstić information content (AvgIpc) is 2.60. The van der Waals surface area contributed by atoms with Crippen molar-refractivity contribution in [2.24, 2.45) is 0 Å². The summed E-state index contributed by atoms with van der Waals surface area (Å²) in [6, 6.07) is 9.62. The third-order valence-corrected chi connectivity index (χ3v) is 3.57. The summed E-state index contributed by atoms with van der Waals surface area (Å²) in [5.74, 6) is 0.489. The summed E-state index contributed by atoms with van der Waals surface area (Å²) >= 11 is 0. The van der Waals surface area contributed by atoms with Crippen LogP contribution in [0.3, 0.4) is 0 Å². The molecule has 0 heterocycles. The molecule has 0 N–H and O–H groups in total. The van der Waals surface area contributed by atoms with Gasteiger partial charge in [-0.05, 0) is 35.4 Å². The van der Waals surface area contributed by atoms with Crippen LogP contribution in [0.4, 0.5) is 5.69 Å². The minimum Gasteiger partial charge on any atom is -0.497 e. The summed E-state index contributed by atoms with van der Waals surface area (Å²) < 4.78 is 14.9. The maximum Gasteiger partial charge on any atom is 0.310 e. The lowest BCUT2D eigenvalue weighted by molar-refractivity contribution is -0.384. The van der Waals surface area contributed by atoms with Crippen molar-refractivity contribution in [2.75, 3.05) is 21.3 Å². The largest absolute Gasteiger partial charge is 0.497 e. The van der Waals surface area contributed by atoms with Gasteiger partial charge in [-0.2, -0.15) is 0 Å². The molecule has 0 aliphatic heterocycles. The van der Waals surface area contributed by atoms with Gasteiger partial charge in [-0.3, -0.25) is 14.9 Å². The predicted octanol–water partition coefficient (Wildman–Crippen LogP) is 2.99. The fourth-order valence-corrected chi connectivity index (χ4v) is 2.35. The van der Waals surface area contributed by atoms with Crippen LogP contribution in [0.2, 0.25) is 0 Å². The van der Waals surface area contributed by atoms with Crippen LogP contribution in [-0.2, 0) is 16.0 Å². The summed E-state index contributed by atoms with van der Waals surface area (Å²) in [6.07, 6.45) is -0.0216. The van der Waals surface area contributed by atoms with Gasteiger partial charge in [0.15, 0.2) is 0 Å². The van der Waals surface area contributed by atoms with E-state index in [9.17, 15) is 14.9 Å². The minimum atomic E-state index is -0.482. The molecule has 0 aromatic heterocycles. The van der Waals surface area contributed by atoms with E-state index in [0.717, 1.165) is 0 Å². The number of methoxy groups -OCH3 is 3. The Hall–Kier alpha value is -3.09. The normalized spacial score (nSPS) is 10.1. The van der Waals surface area contributed by atoms with Gasteiger partial charge in [-0.25, -0.2) is 0 Å². The quantitative estimate of drug-likeness (QED) is 0.459. The standard InChI is InChI=1S/C17H17NO6/c1-22-12-4-6-14(11(8-12)9-17(19)24-3)15-7-5-13(23-2)10-16(15)18(20)21/h4-8,10H,9H2,1-3H3. The van der Waals surface area contributed by atoms with Crippen LogP contribution in [0, 0.1) is 10.1 Å². The smallest absolute Gasteiger partial charge is 0.310 e. The number of hydrogen-bond donors (Lipinski definition) is 0. The van der Waals surface area contributed by atoms with Crippen molar-refractivity contribution in [3.05, 3.63) is 52.1 Å². The lowest BCUT2D eigenvalue weighted by Gasteiger charge is -2.12. The number of rotatable bonds is 6. The molecule has 0 aliphatic rings. The fourth-order valence-electron chi connectivity index (χ4n) is 2.35. The van der Waals surface area contributed by atoms with E-state index in [-0.39, 0.29) is 12.1 Å². The molecule has 126 valence electrons. The lowest BCUT2D eigenvalue weighted by atomic mass is 9.96. The third-order valence-electron chi connectivity index (χ3n) is 3.57. The first-order valence-corrected chi connectivity index (χ1v) is 7.06. The van der Waals surface area contributed by atoms with Crippen molar-refractivity contribution in [3.63, 3.8) is 0 Å². The Morgan fingerprint density at radius 1 is 1.00 bits per heavy atom. The van der Waals surface area contributed by atoms with Crippen molar-refractivity contribution in [3.8, 4) is 22.6 Å². The van der Waals surface area contributed by atoms with Crippen LogP contribution < -0.4 is 9.47 Å². The zero-order valence-electron chi connectivity index (χ0n) is 13.6. The number of nitro groups is 1. The molecule has 7 heteroatoms. The Bertz CT molecular complexity index is 772. The van der Waals surface area contributed by atoms with Crippen molar-refractivity contribution in [2.45, 2.75) is 6.42 Å². The predicted molar refractivity (Wildman–Crippen MR) is 87.4 cm³/mol. The van der Waals surface area contributed by atoms with Gasteiger partial charge in [0.2, 0.25) is 0 Å². The average molecular weight is 331 g/mol. The maximum atomic E-state index is 11.7. The lowest BCUT2D eigenvalue weighted by Crippen LogP contribution is -2.06. The van der Waals surface area contributed by atoms with Gasteiger partial charge in [0.25, 0.3) is 5.69 Å². The molecule has 0 amide bonds. The van der Waals surface area contributed by atoms with E-state index in [2.05, 4.69) is 0 Å². The summed E-state index contributed by atoms with van der Waals surface area (Å²) in [7, 11) is 4.24. The van der Waals surface area contributed by atoms with Crippen LogP contribution >= 0.6 is 0 Å². The van der Waals surface area contributed by atoms with Crippen molar-refractivity contribution < 1.29 is 23.9 Å². The Labute approximate surface area is 138 Å². The van der Waals surface area contributed by atoms with Crippen LogP contribution in [0.25, 0.3) is 11.1 Å². The monoisotopic (exact) mass is 331 g/mol. The van der Waals surface area contributed by atoms with Crippen LogP contribution in [0.1, 0.15) is 5.56 Å². The first-order chi connectivity index (χ1) is 11.5. The van der Waals surface area contributed by atoms with Crippen molar-refractivity contribution in [1.29, 1.82) is 0 Å². The van der Waals surface area contributed by atoms with E-state index >= 15 is 0 Å². The SMILES string of the molecule is COC(=O)Cc1cc(OC)ccc1-c1ccc(OC)cc1[N+](=O)[O-]. The first-order valence-electron chi connectivity index (χ1n) is 7.06. The molecule has 24 heavy (non-hydrogen) atoms. The number of esters is 1. The molecule has 2 rings (SSSR count). The molecule has 0 fully saturated rings. The van der Waals surface area contributed by atoms with E-state index < -0.39 is 10.9 Å². The van der Waals surface area contributed by atoms with Gasteiger partial charge in [0, 0.05) is 0 Å². The zero-order valence-corrected chi connectivity index (χ0v) is 13.6. The Morgan fingerprint density at radius 3 is 2.12 bits per heavy atom. The second kappa shape index (κ2) is 7.45. The second-order valence-electron chi connectivity index (χ2n) is 4.92. The number of benzene rings is 2. The Balaban J connectivity index is 2.62. The third kappa shape index (κ3) is 3.62. The van der Waals surface area contributed by atoms with Crippen LogP contribution in [0.15, 0.2) is 36.4 Å². The molecule has 0 atom stereocenters. The maximum absolute atomic E-state index is 11.7. The molecular weight excluding hydrogens is 314 g/mol. The molecule has 0 saturated heterocycles. The molecule has 0 saturated carbocycles. The fraction of sp³-hybridized carbons (Fsp3) is 0.235. The van der Waals surface area contributed by atoms with E-state index in [4.69, 9.17) is 14.2 Å². The molecule has 0 unspecified atom stereocenters. The highest BCUT2D eigenvalue weighted by atomic mass is 16.6. The Morgan fingerprint density at radius 2 is 1.58 bits per heavy atom. The number of hydrogen-bond acceptors (Lipinski definition) is 6. The van der Waals surface area contributed by atoms with Crippen molar-refractivity contribution in [1.82, 2.24) is 0 Å². The number of ether oxygens (including phenoxy) is 3. The van der Waals surface area contributed by atoms with E-state index in [1.54, 1.807) is 30.3 Å². The molecule has 2 aromatic carbocycles. The van der Waals surface area contributed by atoms with Gasteiger partial charge < -0.3 is 14.2 Å². The van der Waals surface area contributed by atoms with Gasteiger partial charge >= 0.3 is 5.97 Å². The van der Waals surface area contributed by atoms with Crippen LogP contribution in [0.5, 0.6) is 11.5 Å². The van der Waals surface area contributed by atoms with E-state index in [1.807, 2.05) is 0 Å². The Kier molecular flexibility index (Phi) is 5.36. The molecule has 7 nitrogen and oxygen atoms in total. The molecule has 0 spiro atoms. The molecular formula is C17H17NO6. The summed E-state index contributed by atoms with van der Waals surface area (Å²) in [4.78, 5) is 22.6. The van der Waals surface area contributed by atoms with Gasteiger partial charge in [0.1, 0.15) is 11.5 Å². The molecule has 0 radical (unpaired) electrons. The zero-order chi connectivity index (χ0) is 17.7. The minimum absolute atomic E-state index is 0.0216. The number of nitro benzene ring substituents is 1. The summed E-state index contributed by atoms with van der Waals surface area (Å²) in [5, 5.41) is 11.4. The summed E-state index contributed by atoms with van der Waals surface area (Å²) in [5.41, 5.74) is 1.43. The van der Waals surface area contributed by atoms with Gasteiger partial charge in [0.05, 0.1) is 44.3 Å². The van der Waals surface area contributed by atoms with Gasteiger partial charge in [-0.1, -0.05) is 6.07 Å². The number of carbonyl (C=O) groups is 1. The van der Waals surface area contributed by atoms with Crippen molar-refractivity contribution >= 4 is 11.7 Å². The number of nitrogens with zero attached hydrogens (tertiary/aromatic N) is 1. The second-order valence-corrected chi connectivity index (χ2v) is 4.92. The molecule has 0 aliphatic carbocycles. The molecule has 0 bridgehead atoms. The number of carbonyl (C=O) groups excluding carboxylic acids is 1. The van der Waals surface area contributed by atoms with E-state index in [1.165, 1.54) is 27.4 Å². The highest BCUT2D eigenvalue weighted by Gasteiger charge is 2.20. The highest BCUT2D eigenvalue weighted by molar-refractivity contribution is 5.82. The first kappa shape index (κ1) is 17.3. The van der Waals surface area contributed by atoms with E-state index in [0.29, 0.717) is 28.2 Å². The molecule has 2 aromatic rings. The van der Waals surface area contributed by atoms with Crippen LogP contribution in [-0.4, -0.2) is 32.2 Å².